The van der Waals surface area contributed by atoms with Gasteiger partial charge in [-0.15, -0.1) is 11.3 Å². The van der Waals surface area contributed by atoms with E-state index in [1.165, 1.54) is 21.9 Å². The second-order valence-corrected chi connectivity index (χ2v) is 7.64. The highest BCUT2D eigenvalue weighted by Gasteiger charge is 2.29. The largest absolute Gasteiger partial charge is 0.342 e. The van der Waals surface area contributed by atoms with Crippen molar-refractivity contribution >= 4 is 33.2 Å². The minimum Gasteiger partial charge on any atom is -0.342 e. The van der Waals surface area contributed by atoms with Crippen molar-refractivity contribution in [3.63, 3.8) is 0 Å². The number of imidazole rings is 1. The first-order valence-corrected chi connectivity index (χ1v) is 9.77. The normalized spacial score (nSPS) is 17.6. The molecular formula is C19H17N5O2S. The van der Waals surface area contributed by atoms with Crippen LogP contribution < -0.4 is 5.56 Å². The van der Waals surface area contributed by atoms with Gasteiger partial charge in [0, 0.05) is 36.8 Å². The number of hydrogen-bond donors (Lipinski definition) is 1. The number of carbonyl (C=O) groups excluding carboxylic acids is 1. The van der Waals surface area contributed by atoms with Crippen LogP contribution in [-0.4, -0.2) is 43.2 Å². The molecule has 8 heteroatoms. The molecule has 4 aromatic rings. The first-order chi connectivity index (χ1) is 13.2. The predicted octanol–water partition coefficient (Wildman–Crippen LogP) is 2.65. The summed E-state index contributed by atoms with van der Waals surface area (Å²) in [5, 5.41) is 1.79. The monoisotopic (exact) mass is 379 g/mol. The Balaban J connectivity index is 1.43. The third kappa shape index (κ3) is 2.73. The number of H-pyrrole nitrogens is 1. The molecule has 1 amide bonds. The van der Waals surface area contributed by atoms with Crippen molar-refractivity contribution in [2.24, 2.45) is 0 Å². The van der Waals surface area contributed by atoms with Gasteiger partial charge in [0.2, 0.25) is 0 Å². The molecule has 4 heterocycles. The van der Waals surface area contributed by atoms with Gasteiger partial charge in [-0.25, -0.2) is 9.97 Å². The third-order valence-electron chi connectivity index (χ3n) is 5.08. The second-order valence-electron chi connectivity index (χ2n) is 6.76. The molecule has 1 aliphatic rings. The average Bonchev–Trinajstić information content (AvgIpc) is 3.35. The summed E-state index contributed by atoms with van der Waals surface area (Å²) in [4.78, 5) is 40.2. The Morgan fingerprint density at radius 3 is 3.07 bits per heavy atom. The Labute approximate surface area is 158 Å². The van der Waals surface area contributed by atoms with Gasteiger partial charge in [0.15, 0.2) is 4.96 Å². The van der Waals surface area contributed by atoms with Gasteiger partial charge in [0.1, 0.15) is 11.4 Å². The lowest BCUT2D eigenvalue weighted by Gasteiger charge is -2.31. The number of nitrogens with zero attached hydrogens (tertiary/aromatic N) is 4. The number of aromatic nitrogens is 4. The summed E-state index contributed by atoms with van der Waals surface area (Å²) in [6.07, 6.45) is 4.90. The van der Waals surface area contributed by atoms with E-state index in [9.17, 15) is 9.59 Å². The molecule has 1 aliphatic heterocycles. The fourth-order valence-corrected chi connectivity index (χ4v) is 4.37. The maximum Gasteiger partial charge on any atom is 0.271 e. The van der Waals surface area contributed by atoms with E-state index in [0.29, 0.717) is 18.1 Å². The van der Waals surface area contributed by atoms with Crippen molar-refractivity contribution in [3.05, 3.63) is 63.8 Å². The van der Waals surface area contributed by atoms with Crippen molar-refractivity contribution in [3.8, 4) is 0 Å². The molecule has 136 valence electrons. The van der Waals surface area contributed by atoms with E-state index >= 15 is 0 Å². The highest BCUT2D eigenvalue weighted by molar-refractivity contribution is 7.15. The van der Waals surface area contributed by atoms with Gasteiger partial charge < -0.3 is 9.88 Å². The fraction of sp³-hybridized carbons (Fsp3) is 0.263. The summed E-state index contributed by atoms with van der Waals surface area (Å²) >= 11 is 1.37. The predicted molar refractivity (Wildman–Crippen MR) is 103 cm³/mol. The molecule has 1 saturated heterocycles. The number of benzene rings is 1. The van der Waals surface area contributed by atoms with Crippen LogP contribution in [0.5, 0.6) is 0 Å². The first kappa shape index (κ1) is 16.2. The maximum absolute atomic E-state index is 13.0. The lowest BCUT2D eigenvalue weighted by molar-refractivity contribution is 0.0702. The van der Waals surface area contributed by atoms with Crippen LogP contribution in [0.25, 0.3) is 16.0 Å². The number of fused-ring (bicyclic) bond motifs is 2. The number of hydrogen-bond acceptors (Lipinski definition) is 5. The Hall–Kier alpha value is -3.00. The fourth-order valence-electron chi connectivity index (χ4n) is 3.69. The van der Waals surface area contributed by atoms with Gasteiger partial charge in [0.25, 0.3) is 11.5 Å². The number of likely N-dealkylation sites (tertiary alicyclic amines) is 1. The van der Waals surface area contributed by atoms with Crippen LogP contribution in [-0.2, 0) is 0 Å². The van der Waals surface area contributed by atoms with Crippen LogP contribution in [0.1, 0.15) is 34.9 Å². The summed E-state index contributed by atoms with van der Waals surface area (Å²) in [7, 11) is 0. The number of para-hydroxylation sites is 2. The molecule has 0 bridgehead atoms. The first-order valence-electron chi connectivity index (χ1n) is 8.89. The molecule has 0 saturated carbocycles. The van der Waals surface area contributed by atoms with Crippen LogP contribution in [0, 0.1) is 0 Å². The van der Waals surface area contributed by atoms with E-state index in [1.807, 2.05) is 24.3 Å². The number of rotatable bonds is 2. The number of carbonyl (C=O) groups is 1. The smallest absolute Gasteiger partial charge is 0.271 e. The van der Waals surface area contributed by atoms with E-state index in [2.05, 4.69) is 15.0 Å². The van der Waals surface area contributed by atoms with Crippen molar-refractivity contribution in [2.75, 3.05) is 13.1 Å². The van der Waals surface area contributed by atoms with Crippen molar-refractivity contribution in [2.45, 2.75) is 18.8 Å². The molecule has 3 aromatic heterocycles. The standard InChI is InChI=1S/C19H17N5O2S/c25-17(13-10-20-19-24(18(13)26)8-9-27-19)23-7-3-4-12(11-23)16-21-14-5-1-2-6-15(14)22-16/h1-2,5-6,8-10,12H,3-4,7,11H2,(H,21,22). The van der Waals surface area contributed by atoms with Gasteiger partial charge >= 0.3 is 0 Å². The zero-order chi connectivity index (χ0) is 18.4. The van der Waals surface area contributed by atoms with Crippen LogP contribution >= 0.6 is 11.3 Å². The molecule has 1 N–H and O–H groups in total. The molecule has 1 aromatic carbocycles. The topological polar surface area (TPSA) is 83.4 Å². The molecule has 5 rings (SSSR count). The molecule has 0 radical (unpaired) electrons. The summed E-state index contributed by atoms with van der Waals surface area (Å²) in [5.41, 5.74) is 1.75. The lowest BCUT2D eigenvalue weighted by atomic mass is 9.97. The van der Waals surface area contributed by atoms with Gasteiger partial charge in [-0.2, -0.15) is 0 Å². The van der Waals surface area contributed by atoms with E-state index in [0.717, 1.165) is 29.7 Å². The Bertz CT molecular complexity index is 1170. The van der Waals surface area contributed by atoms with Gasteiger partial charge in [-0.1, -0.05) is 12.1 Å². The quantitative estimate of drug-likeness (QED) is 0.580. The van der Waals surface area contributed by atoms with E-state index in [-0.39, 0.29) is 22.9 Å². The van der Waals surface area contributed by atoms with Gasteiger partial charge in [-0.3, -0.25) is 14.0 Å². The highest BCUT2D eigenvalue weighted by atomic mass is 32.1. The number of piperidine rings is 1. The number of amides is 1. The van der Waals surface area contributed by atoms with Crippen LogP contribution in [0.3, 0.4) is 0 Å². The Morgan fingerprint density at radius 1 is 1.30 bits per heavy atom. The summed E-state index contributed by atoms with van der Waals surface area (Å²) in [6, 6.07) is 7.91. The molecule has 1 fully saturated rings. The summed E-state index contributed by atoms with van der Waals surface area (Å²) in [5.74, 6) is 0.779. The average molecular weight is 379 g/mol. The molecule has 0 spiro atoms. The molecule has 0 aliphatic carbocycles. The third-order valence-corrected chi connectivity index (χ3v) is 5.85. The zero-order valence-corrected chi connectivity index (χ0v) is 15.3. The minimum absolute atomic E-state index is 0.121. The Morgan fingerprint density at radius 2 is 2.19 bits per heavy atom. The maximum atomic E-state index is 13.0. The Kier molecular flexibility index (Phi) is 3.78. The van der Waals surface area contributed by atoms with Crippen molar-refractivity contribution in [1.29, 1.82) is 0 Å². The summed E-state index contributed by atoms with van der Waals surface area (Å²) in [6.45, 7) is 1.19. The highest BCUT2D eigenvalue weighted by Crippen LogP contribution is 2.27. The van der Waals surface area contributed by atoms with Gasteiger partial charge in [-0.05, 0) is 25.0 Å². The summed E-state index contributed by atoms with van der Waals surface area (Å²) < 4.78 is 1.43. The van der Waals surface area contributed by atoms with Crippen molar-refractivity contribution in [1.82, 2.24) is 24.3 Å². The second kappa shape index (κ2) is 6.31. The molecular weight excluding hydrogens is 362 g/mol. The number of aromatic amines is 1. The van der Waals surface area contributed by atoms with Gasteiger partial charge in [0.05, 0.1) is 11.0 Å². The molecule has 1 atom stereocenters. The number of thiazole rings is 1. The van der Waals surface area contributed by atoms with E-state index in [4.69, 9.17) is 0 Å². The number of nitrogens with one attached hydrogen (secondary N) is 1. The van der Waals surface area contributed by atoms with E-state index in [1.54, 1.807) is 16.5 Å². The lowest BCUT2D eigenvalue weighted by Crippen LogP contribution is -2.41. The molecule has 7 nitrogen and oxygen atoms in total. The van der Waals surface area contributed by atoms with Crippen LogP contribution in [0.15, 0.2) is 46.8 Å². The van der Waals surface area contributed by atoms with E-state index < -0.39 is 0 Å². The SMILES string of the molecule is O=C(c1cnc2sccn2c1=O)N1CCCC(c2nc3ccccc3[nH]2)C1. The van der Waals surface area contributed by atoms with Crippen LogP contribution in [0.4, 0.5) is 0 Å². The minimum atomic E-state index is -0.308. The zero-order valence-electron chi connectivity index (χ0n) is 14.5. The van der Waals surface area contributed by atoms with Crippen LogP contribution in [0.2, 0.25) is 0 Å². The molecule has 1 unspecified atom stereocenters. The van der Waals surface area contributed by atoms with Crippen molar-refractivity contribution < 1.29 is 4.79 Å². The molecule has 27 heavy (non-hydrogen) atoms.